The summed E-state index contributed by atoms with van der Waals surface area (Å²) in [6, 6.07) is 0.429. The molecule has 8 nitrogen and oxygen atoms in total. The summed E-state index contributed by atoms with van der Waals surface area (Å²) in [6.07, 6.45) is 8.34. The Morgan fingerprint density at radius 2 is 1.85 bits per heavy atom. The van der Waals surface area contributed by atoms with Gasteiger partial charge in [0.05, 0.1) is 6.54 Å². The third kappa shape index (κ3) is 6.32. The van der Waals surface area contributed by atoms with Gasteiger partial charge >= 0.3 is 0 Å². The zero-order valence-corrected chi connectivity index (χ0v) is 18.7. The Bertz CT molecular complexity index is 634. The lowest BCUT2D eigenvalue weighted by Crippen LogP contribution is -2.47. The van der Waals surface area contributed by atoms with Crippen molar-refractivity contribution in [3.05, 3.63) is 11.6 Å². The van der Waals surface area contributed by atoms with E-state index in [-0.39, 0.29) is 36.4 Å². The minimum Gasteiger partial charge on any atom is -0.354 e. The van der Waals surface area contributed by atoms with Crippen LogP contribution in [0.2, 0.25) is 0 Å². The molecule has 1 aliphatic carbocycles. The number of hydrogen-bond donors (Lipinski definition) is 2. The predicted molar refractivity (Wildman–Crippen MR) is 116 cm³/mol. The number of guanidine groups is 1. The second-order valence-corrected chi connectivity index (χ2v) is 7.31. The van der Waals surface area contributed by atoms with Gasteiger partial charge in [-0.3, -0.25) is 4.79 Å². The Morgan fingerprint density at radius 1 is 1.15 bits per heavy atom. The molecule has 0 radical (unpaired) electrons. The minimum atomic E-state index is 0. The molecule has 1 saturated heterocycles. The number of aromatic nitrogens is 3. The van der Waals surface area contributed by atoms with E-state index in [0.29, 0.717) is 18.5 Å². The maximum absolute atomic E-state index is 12.3. The van der Waals surface area contributed by atoms with Gasteiger partial charge in [-0.25, -0.2) is 4.99 Å². The molecule has 1 amide bonds. The van der Waals surface area contributed by atoms with Gasteiger partial charge in [0.25, 0.3) is 0 Å². The van der Waals surface area contributed by atoms with Gasteiger partial charge in [0, 0.05) is 26.2 Å². The molecule has 1 aromatic heterocycles. The van der Waals surface area contributed by atoms with Crippen LogP contribution < -0.4 is 10.6 Å². The van der Waals surface area contributed by atoms with Gasteiger partial charge in [0.1, 0.15) is 12.4 Å². The van der Waals surface area contributed by atoms with Crippen molar-refractivity contribution in [2.75, 3.05) is 19.6 Å². The summed E-state index contributed by atoms with van der Waals surface area (Å²) in [7, 11) is 1.94. The lowest BCUT2D eigenvalue weighted by molar-refractivity contribution is -0.128. The maximum atomic E-state index is 12.3. The first kappa shape index (κ1) is 21.9. The molecule has 3 rings (SSSR count). The van der Waals surface area contributed by atoms with Crippen LogP contribution in [-0.4, -0.2) is 57.2 Å². The highest BCUT2D eigenvalue weighted by molar-refractivity contribution is 14.0. The standard InChI is InChI=1S/C18H31N7O.HI/c1-14-22-23-16(24(14)2)12-19-18(21-15-8-4-3-5-9-15)20-13-17(26)25-10-6-7-11-25;/h15H,3-13H2,1-2H3,(H2,19,20,21);1H. The molecule has 1 aliphatic heterocycles. The molecule has 9 heteroatoms. The van der Waals surface area contributed by atoms with E-state index in [0.717, 1.165) is 50.4 Å². The molecular weight excluding hydrogens is 457 g/mol. The smallest absolute Gasteiger partial charge is 0.241 e. The van der Waals surface area contributed by atoms with Gasteiger partial charge in [-0.05, 0) is 32.6 Å². The number of aliphatic imine (C=N–C) groups is 1. The van der Waals surface area contributed by atoms with Crippen molar-refractivity contribution < 1.29 is 4.79 Å². The molecule has 1 aromatic rings. The highest BCUT2D eigenvalue weighted by Crippen LogP contribution is 2.17. The predicted octanol–water partition coefficient (Wildman–Crippen LogP) is 1.73. The van der Waals surface area contributed by atoms with Crippen molar-refractivity contribution >= 4 is 35.8 Å². The van der Waals surface area contributed by atoms with E-state index in [1.165, 1.54) is 19.3 Å². The number of rotatable bonds is 5. The fraction of sp³-hybridized carbons (Fsp3) is 0.778. The van der Waals surface area contributed by atoms with Crippen LogP contribution >= 0.6 is 24.0 Å². The maximum Gasteiger partial charge on any atom is 0.241 e. The number of carbonyl (C=O) groups excluding carboxylic acids is 1. The summed E-state index contributed by atoms with van der Waals surface area (Å²) in [4.78, 5) is 18.9. The highest BCUT2D eigenvalue weighted by Gasteiger charge is 2.19. The largest absolute Gasteiger partial charge is 0.354 e. The third-order valence-electron chi connectivity index (χ3n) is 5.37. The number of likely N-dealkylation sites (tertiary alicyclic amines) is 1. The Morgan fingerprint density at radius 3 is 2.48 bits per heavy atom. The monoisotopic (exact) mass is 489 g/mol. The molecule has 152 valence electrons. The molecule has 0 aromatic carbocycles. The van der Waals surface area contributed by atoms with Crippen molar-refractivity contribution in [1.82, 2.24) is 30.3 Å². The van der Waals surface area contributed by atoms with Crippen LogP contribution in [0.1, 0.15) is 56.6 Å². The Balaban J connectivity index is 0.00000261. The van der Waals surface area contributed by atoms with Crippen LogP contribution in [0, 0.1) is 6.92 Å². The molecule has 2 aliphatic rings. The Labute approximate surface area is 178 Å². The van der Waals surface area contributed by atoms with E-state index >= 15 is 0 Å². The average Bonchev–Trinajstić information content (AvgIpc) is 3.30. The molecule has 2 heterocycles. The molecule has 0 bridgehead atoms. The summed E-state index contributed by atoms with van der Waals surface area (Å²) in [6.45, 7) is 4.41. The SMILES string of the molecule is Cc1nnc(CN=C(NCC(=O)N2CCCC2)NC2CCCCC2)n1C.I. The normalized spacial score (nSPS) is 18.3. The van der Waals surface area contributed by atoms with Gasteiger partial charge in [-0.2, -0.15) is 0 Å². The third-order valence-corrected chi connectivity index (χ3v) is 5.37. The van der Waals surface area contributed by atoms with Crippen molar-refractivity contribution in [3.63, 3.8) is 0 Å². The van der Waals surface area contributed by atoms with Crippen molar-refractivity contribution in [1.29, 1.82) is 0 Å². The minimum absolute atomic E-state index is 0. The first-order valence-electron chi connectivity index (χ1n) is 9.81. The second kappa shape index (κ2) is 10.8. The summed E-state index contributed by atoms with van der Waals surface area (Å²) in [5, 5.41) is 15.0. The number of carbonyl (C=O) groups is 1. The van der Waals surface area contributed by atoms with E-state index in [4.69, 9.17) is 0 Å². The highest BCUT2D eigenvalue weighted by atomic mass is 127. The Kier molecular flexibility index (Phi) is 8.78. The van der Waals surface area contributed by atoms with Gasteiger partial charge in [-0.1, -0.05) is 19.3 Å². The van der Waals surface area contributed by atoms with E-state index in [2.05, 4.69) is 25.8 Å². The molecule has 27 heavy (non-hydrogen) atoms. The summed E-state index contributed by atoms with van der Waals surface area (Å²) < 4.78 is 1.94. The van der Waals surface area contributed by atoms with Crippen LogP contribution in [0.5, 0.6) is 0 Å². The van der Waals surface area contributed by atoms with Crippen LogP contribution in [-0.2, 0) is 18.4 Å². The van der Waals surface area contributed by atoms with E-state index < -0.39 is 0 Å². The van der Waals surface area contributed by atoms with Crippen molar-refractivity contribution in [2.24, 2.45) is 12.0 Å². The van der Waals surface area contributed by atoms with E-state index in [1.807, 2.05) is 23.4 Å². The number of aryl methyl sites for hydroxylation is 1. The first-order valence-corrected chi connectivity index (χ1v) is 9.81. The van der Waals surface area contributed by atoms with Crippen LogP contribution in [0.4, 0.5) is 0 Å². The lowest BCUT2D eigenvalue weighted by Gasteiger charge is -2.25. The fourth-order valence-electron chi connectivity index (χ4n) is 3.57. The molecular formula is C18H32IN7O. The lowest BCUT2D eigenvalue weighted by atomic mass is 9.96. The van der Waals surface area contributed by atoms with Gasteiger partial charge in [0.2, 0.25) is 5.91 Å². The molecule has 2 fully saturated rings. The molecule has 0 atom stereocenters. The van der Waals surface area contributed by atoms with E-state index in [9.17, 15) is 4.79 Å². The molecule has 0 unspecified atom stereocenters. The number of nitrogens with zero attached hydrogens (tertiary/aromatic N) is 5. The molecule has 1 saturated carbocycles. The molecule has 0 spiro atoms. The van der Waals surface area contributed by atoms with Crippen LogP contribution in [0.25, 0.3) is 0 Å². The number of amides is 1. The van der Waals surface area contributed by atoms with Gasteiger partial charge < -0.3 is 20.1 Å². The quantitative estimate of drug-likeness (QED) is 0.374. The number of hydrogen-bond acceptors (Lipinski definition) is 4. The number of halogens is 1. The molecule has 2 N–H and O–H groups in total. The van der Waals surface area contributed by atoms with Crippen LogP contribution in [0.15, 0.2) is 4.99 Å². The summed E-state index contributed by atoms with van der Waals surface area (Å²) in [5.74, 6) is 2.53. The first-order chi connectivity index (χ1) is 12.6. The van der Waals surface area contributed by atoms with Crippen LogP contribution in [0.3, 0.4) is 0 Å². The fourth-order valence-corrected chi connectivity index (χ4v) is 3.57. The summed E-state index contributed by atoms with van der Waals surface area (Å²) in [5.41, 5.74) is 0. The second-order valence-electron chi connectivity index (χ2n) is 7.31. The van der Waals surface area contributed by atoms with E-state index in [1.54, 1.807) is 0 Å². The summed E-state index contributed by atoms with van der Waals surface area (Å²) >= 11 is 0. The zero-order valence-electron chi connectivity index (χ0n) is 16.4. The Hall–Kier alpha value is -1.39. The van der Waals surface area contributed by atoms with Gasteiger partial charge in [-0.15, -0.1) is 34.2 Å². The number of nitrogens with one attached hydrogen (secondary N) is 2. The zero-order chi connectivity index (χ0) is 18.4. The topological polar surface area (TPSA) is 87.4 Å². The van der Waals surface area contributed by atoms with Crippen molar-refractivity contribution in [3.8, 4) is 0 Å². The van der Waals surface area contributed by atoms with Crippen molar-refractivity contribution in [2.45, 2.75) is 64.5 Å². The average molecular weight is 489 g/mol. The van der Waals surface area contributed by atoms with Gasteiger partial charge in [0.15, 0.2) is 11.8 Å².